The number of benzene rings is 3. The molecule has 0 aliphatic heterocycles. The number of para-hydroxylation sites is 2. The van der Waals surface area contributed by atoms with Crippen LogP contribution in [0.3, 0.4) is 0 Å². The van der Waals surface area contributed by atoms with E-state index < -0.39 is 5.63 Å². The molecule has 0 aliphatic carbocycles. The summed E-state index contributed by atoms with van der Waals surface area (Å²) in [6.07, 6.45) is 1.75. The van der Waals surface area contributed by atoms with Crippen molar-refractivity contribution in [3.05, 3.63) is 111 Å². The average molecular weight is 449 g/mol. The lowest BCUT2D eigenvalue weighted by atomic mass is 10.1. The van der Waals surface area contributed by atoms with Gasteiger partial charge < -0.3 is 9.15 Å². The van der Waals surface area contributed by atoms with Gasteiger partial charge in [-0.2, -0.15) is 5.26 Å². The third kappa shape index (κ3) is 4.45. The van der Waals surface area contributed by atoms with Gasteiger partial charge in [-0.15, -0.1) is 11.3 Å². The highest BCUT2D eigenvalue weighted by molar-refractivity contribution is 7.11. The molecular formula is C27H16N2O3S. The monoisotopic (exact) mass is 448 g/mol. The van der Waals surface area contributed by atoms with E-state index in [0.717, 1.165) is 16.7 Å². The average Bonchev–Trinajstić information content (AvgIpc) is 3.33. The molecule has 0 aliphatic rings. The van der Waals surface area contributed by atoms with E-state index in [4.69, 9.17) is 9.15 Å². The van der Waals surface area contributed by atoms with Gasteiger partial charge in [0.2, 0.25) is 0 Å². The largest absolute Gasteiger partial charge is 0.457 e. The molecule has 2 aromatic heterocycles. The second-order valence-corrected chi connectivity index (χ2v) is 8.04. The zero-order chi connectivity index (χ0) is 22.6. The van der Waals surface area contributed by atoms with Crippen LogP contribution in [0.25, 0.3) is 33.9 Å². The summed E-state index contributed by atoms with van der Waals surface area (Å²) in [6, 6.07) is 28.3. The van der Waals surface area contributed by atoms with Crippen molar-refractivity contribution in [2.24, 2.45) is 0 Å². The van der Waals surface area contributed by atoms with Gasteiger partial charge in [-0.3, -0.25) is 0 Å². The van der Waals surface area contributed by atoms with Crippen molar-refractivity contribution < 1.29 is 9.15 Å². The van der Waals surface area contributed by atoms with E-state index >= 15 is 0 Å². The van der Waals surface area contributed by atoms with Crippen molar-refractivity contribution in [3.63, 3.8) is 0 Å². The summed E-state index contributed by atoms with van der Waals surface area (Å²) < 4.78 is 11.3. The Morgan fingerprint density at radius 1 is 0.970 bits per heavy atom. The minimum atomic E-state index is -0.459. The molecule has 33 heavy (non-hydrogen) atoms. The molecule has 5 nitrogen and oxygen atoms in total. The van der Waals surface area contributed by atoms with Gasteiger partial charge in [0.05, 0.1) is 16.8 Å². The molecule has 6 heteroatoms. The summed E-state index contributed by atoms with van der Waals surface area (Å²) >= 11 is 1.30. The zero-order valence-corrected chi connectivity index (χ0v) is 18.1. The Morgan fingerprint density at radius 2 is 1.76 bits per heavy atom. The fourth-order valence-electron chi connectivity index (χ4n) is 3.36. The number of ether oxygens (including phenoxy) is 1. The first-order chi connectivity index (χ1) is 16.2. The quantitative estimate of drug-likeness (QED) is 0.219. The highest BCUT2D eigenvalue weighted by Gasteiger charge is 2.14. The number of hydrogen-bond acceptors (Lipinski definition) is 6. The summed E-state index contributed by atoms with van der Waals surface area (Å²) in [4.78, 5) is 17.0. The molecule has 0 saturated heterocycles. The predicted molar refractivity (Wildman–Crippen MR) is 130 cm³/mol. The van der Waals surface area contributed by atoms with Gasteiger partial charge in [0.1, 0.15) is 28.2 Å². The summed E-state index contributed by atoms with van der Waals surface area (Å²) in [5.74, 6) is 1.40. The predicted octanol–water partition coefficient (Wildman–Crippen LogP) is 6.77. The first-order valence-corrected chi connectivity index (χ1v) is 11.0. The summed E-state index contributed by atoms with van der Waals surface area (Å²) in [5, 5.41) is 12.9. The normalized spacial score (nSPS) is 11.3. The molecule has 0 fully saturated rings. The maximum absolute atomic E-state index is 12.5. The molecule has 0 amide bonds. The van der Waals surface area contributed by atoms with Crippen molar-refractivity contribution in [1.29, 1.82) is 5.26 Å². The third-order valence-electron chi connectivity index (χ3n) is 4.92. The Kier molecular flexibility index (Phi) is 5.54. The molecule has 0 atom stereocenters. The van der Waals surface area contributed by atoms with E-state index in [1.165, 1.54) is 11.3 Å². The summed E-state index contributed by atoms with van der Waals surface area (Å²) in [6.45, 7) is 0. The van der Waals surface area contributed by atoms with Crippen LogP contribution in [0.4, 0.5) is 0 Å². The van der Waals surface area contributed by atoms with Crippen LogP contribution < -0.4 is 10.4 Å². The Bertz CT molecular complexity index is 1580. The number of rotatable bonds is 5. The van der Waals surface area contributed by atoms with Crippen molar-refractivity contribution in [2.45, 2.75) is 0 Å². The van der Waals surface area contributed by atoms with E-state index in [0.29, 0.717) is 33.2 Å². The summed E-state index contributed by atoms with van der Waals surface area (Å²) in [5.41, 5.74) is 2.12. The molecular weight excluding hydrogens is 432 g/mol. The number of thiazole rings is 1. The van der Waals surface area contributed by atoms with Crippen LogP contribution in [0.15, 0.2) is 99.5 Å². The maximum Gasteiger partial charge on any atom is 0.345 e. The van der Waals surface area contributed by atoms with Crippen LogP contribution in [-0.4, -0.2) is 4.98 Å². The van der Waals surface area contributed by atoms with Crippen LogP contribution in [0.5, 0.6) is 11.5 Å². The van der Waals surface area contributed by atoms with E-state index in [-0.39, 0.29) is 0 Å². The van der Waals surface area contributed by atoms with Gasteiger partial charge in [-0.05, 0) is 48.0 Å². The minimum absolute atomic E-state index is 0.367. The van der Waals surface area contributed by atoms with Crippen molar-refractivity contribution in [1.82, 2.24) is 4.98 Å². The number of nitriles is 1. The van der Waals surface area contributed by atoms with Gasteiger partial charge in [0, 0.05) is 10.8 Å². The first-order valence-electron chi connectivity index (χ1n) is 10.1. The molecule has 0 bridgehead atoms. The zero-order valence-electron chi connectivity index (χ0n) is 17.3. The van der Waals surface area contributed by atoms with E-state index in [1.807, 2.05) is 72.8 Å². The SMILES string of the molecule is N#C/C(=C\c1cccc(Oc2ccccc2)c1)c1nc(-c2cc3ccccc3oc2=O)cs1. The second kappa shape index (κ2) is 8.95. The van der Waals surface area contributed by atoms with Gasteiger partial charge >= 0.3 is 5.63 Å². The lowest BCUT2D eigenvalue weighted by molar-refractivity contribution is 0.482. The third-order valence-corrected chi connectivity index (χ3v) is 5.80. The number of hydrogen-bond donors (Lipinski definition) is 0. The molecule has 3 aromatic carbocycles. The number of aromatic nitrogens is 1. The van der Waals surface area contributed by atoms with Gasteiger partial charge in [-0.25, -0.2) is 9.78 Å². The highest BCUT2D eigenvalue weighted by Crippen LogP contribution is 2.28. The molecule has 2 heterocycles. The van der Waals surface area contributed by atoms with Crippen LogP contribution in [-0.2, 0) is 0 Å². The number of fused-ring (bicyclic) bond motifs is 1. The molecule has 0 unspecified atom stereocenters. The lowest BCUT2D eigenvalue weighted by Gasteiger charge is -2.06. The van der Waals surface area contributed by atoms with Crippen LogP contribution in [0.2, 0.25) is 0 Å². The Labute approximate surface area is 193 Å². The maximum atomic E-state index is 12.5. The number of nitrogens with zero attached hydrogens (tertiary/aromatic N) is 2. The van der Waals surface area contributed by atoms with E-state index in [9.17, 15) is 10.1 Å². The molecule has 5 rings (SSSR count). The topological polar surface area (TPSA) is 76.1 Å². The fraction of sp³-hybridized carbons (Fsp3) is 0. The molecule has 0 radical (unpaired) electrons. The van der Waals surface area contributed by atoms with Gasteiger partial charge in [-0.1, -0.05) is 48.5 Å². The first kappa shape index (κ1) is 20.4. The van der Waals surface area contributed by atoms with Crippen LogP contribution in [0.1, 0.15) is 10.6 Å². The van der Waals surface area contributed by atoms with E-state index in [1.54, 1.807) is 23.6 Å². The Morgan fingerprint density at radius 3 is 2.61 bits per heavy atom. The van der Waals surface area contributed by atoms with Crippen molar-refractivity contribution in [2.75, 3.05) is 0 Å². The Balaban J connectivity index is 1.45. The van der Waals surface area contributed by atoms with Crippen molar-refractivity contribution in [3.8, 4) is 28.8 Å². The molecule has 158 valence electrons. The van der Waals surface area contributed by atoms with Crippen molar-refractivity contribution >= 4 is 34.0 Å². The fourth-order valence-corrected chi connectivity index (χ4v) is 4.15. The highest BCUT2D eigenvalue weighted by atomic mass is 32.1. The van der Waals surface area contributed by atoms with Crippen LogP contribution >= 0.6 is 11.3 Å². The molecule has 0 N–H and O–H groups in total. The second-order valence-electron chi connectivity index (χ2n) is 7.18. The molecule has 0 saturated carbocycles. The number of allylic oxidation sites excluding steroid dienone is 1. The van der Waals surface area contributed by atoms with Gasteiger partial charge in [0.15, 0.2) is 0 Å². The van der Waals surface area contributed by atoms with Crippen LogP contribution in [0, 0.1) is 11.3 Å². The van der Waals surface area contributed by atoms with Gasteiger partial charge in [0.25, 0.3) is 0 Å². The minimum Gasteiger partial charge on any atom is -0.457 e. The molecule has 5 aromatic rings. The molecule has 0 spiro atoms. The smallest absolute Gasteiger partial charge is 0.345 e. The summed E-state index contributed by atoms with van der Waals surface area (Å²) in [7, 11) is 0. The lowest BCUT2D eigenvalue weighted by Crippen LogP contribution is -2.02. The van der Waals surface area contributed by atoms with E-state index in [2.05, 4.69) is 11.1 Å². The standard InChI is InChI=1S/C27H16N2O3S/c28-16-20(13-18-7-6-11-22(14-18)31-21-9-2-1-3-10-21)26-29-24(17-33-26)23-15-19-8-4-5-12-25(19)32-27(23)30/h1-15,17H/b20-13+. The Hall–Kier alpha value is -4.47.